The number of ether oxygens (including phenoxy) is 1. The minimum atomic E-state index is -0.269. The van der Waals surface area contributed by atoms with Gasteiger partial charge < -0.3 is 9.64 Å². The molecule has 0 atom stereocenters. The number of benzene rings is 1. The highest BCUT2D eigenvalue weighted by Gasteiger charge is 2.06. The fourth-order valence-electron chi connectivity index (χ4n) is 1.64. The number of carbonyl (C=O) groups is 1. The lowest BCUT2D eigenvalue weighted by atomic mass is 10.3. The number of methoxy groups -OCH3 is 1. The van der Waals surface area contributed by atoms with Gasteiger partial charge in [0, 0.05) is 30.9 Å². The zero-order valence-electron chi connectivity index (χ0n) is 12.0. The van der Waals surface area contributed by atoms with Gasteiger partial charge in [0.15, 0.2) is 4.80 Å². The summed E-state index contributed by atoms with van der Waals surface area (Å²) in [5, 5.41) is 0. The molecule has 0 bridgehead atoms. The van der Waals surface area contributed by atoms with Gasteiger partial charge in [0.1, 0.15) is 5.75 Å². The molecule has 6 heteroatoms. The molecule has 106 valence electrons. The molecule has 5 nitrogen and oxygen atoms in total. The number of urea groups is 1. The van der Waals surface area contributed by atoms with Crippen LogP contribution in [0.3, 0.4) is 0 Å². The Morgan fingerprint density at radius 2 is 1.95 bits per heavy atom. The first kappa shape index (κ1) is 14.3. The van der Waals surface area contributed by atoms with Crippen molar-refractivity contribution >= 4 is 17.4 Å². The van der Waals surface area contributed by atoms with E-state index in [4.69, 9.17) is 4.74 Å². The highest BCUT2D eigenvalue weighted by atomic mass is 32.1. The molecular weight excluding hydrogens is 274 g/mol. The van der Waals surface area contributed by atoms with Crippen LogP contribution in [0, 0.1) is 6.92 Å². The maximum absolute atomic E-state index is 11.7. The van der Waals surface area contributed by atoms with Crippen LogP contribution in [0.5, 0.6) is 5.75 Å². The third-order valence-corrected chi connectivity index (χ3v) is 3.59. The number of hydrogen-bond donors (Lipinski definition) is 0. The van der Waals surface area contributed by atoms with Gasteiger partial charge in [-0.25, -0.2) is 4.79 Å². The largest absolute Gasteiger partial charge is 0.497 e. The lowest BCUT2D eigenvalue weighted by Crippen LogP contribution is -2.22. The van der Waals surface area contributed by atoms with Crippen LogP contribution >= 0.6 is 11.3 Å². The van der Waals surface area contributed by atoms with Gasteiger partial charge in [-0.2, -0.15) is 4.99 Å². The van der Waals surface area contributed by atoms with Crippen molar-refractivity contribution in [3.8, 4) is 11.4 Å². The van der Waals surface area contributed by atoms with Crippen LogP contribution in [0.25, 0.3) is 5.69 Å². The van der Waals surface area contributed by atoms with E-state index in [-0.39, 0.29) is 6.03 Å². The number of hydrogen-bond acceptors (Lipinski definition) is 3. The van der Waals surface area contributed by atoms with Gasteiger partial charge in [0.2, 0.25) is 0 Å². The molecule has 2 rings (SSSR count). The van der Waals surface area contributed by atoms with E-state index in [9.17, 15) is 4.79 Å². The summed E-state index contributed by atoms with van der Waals surface area (Å²) in [5.74, 6) is 0.796. The second-order valence-corrected chi connectivity index (χ2v) is 5.69. The molecule has 2 amide bonds. The van der Waals surface area contributed by atoms with Gasteiger partial charge in [-0.15, -0.1) is 11.3 Å². The first-order valence-corrected chi connectivity index (χ1v) is 6.92. The second-order valence-electron chi connectivity index (χ2n) is 4.48. The molecule has 0 spiro atoms. The number of nitrogens with zero attached hydrogens (tertiary/aromatic N) is 3. The summed E-state index contributed by atoms with van der Waals surface area (Å²) in [7, 11) is 5.00. The minimum Gasteiger partial charge on any atom is -0.497 e. The van der Waals surface area contributed by atoms with E-state index < -0.39 is 0 Å². The molecular formula is C14H17N3O2S. The standard InChI is InChI=1S/C14H17N3O2S/c1-10-9-17(11-5-7-12(19-4)8-6-11)14(20-10)15-13(18)16(2)3/h5-9H,1-4H3/b15-14-. The molecule has 0 fully saturated rings. The maximum atomic E-state index is 11.7. The van der Waals surface area contributed by atoms with Gasteiger partial charge in [-0.1, -0.05) is 0 Å². The number of aromatic nitrogens is 1. The van der Waals surface area contributed by atoms with Crippen molar-refractivity contribution in [1.29, 1.82) is 0 Å². The van der Waals surface area contributed by atoms with E-state index in [2.05, 4.69) is 4.99 Å². The molecule has 0 unspecified atom stereocenters. The van der Waals surface area contributed by atoms with Crippen LogP contribution < -0.4 is 9.54 Å². The van der Waals surface area contributed by atoms with Crippen molar-refractivity contribution in [2.24, 2.45) is 4.99 Å². The number of thiazole rings is 1. The van der Waals surface area contributed by atoms with Crippen LogP contribution in [0.4, 0.5) is 4.79 Å². The molecule has 0 saturated carbocycles. The Bertz CT molecular complexity index is 668. The summed E-state index contributed by atoms with van der Waals surface area (Å²) in [4.78, 5) is 19.1. The summed E-state index contributed by atoms with van der Waals surface area (Å²) in [5.41, 5.74) is 0.945. The zero-order chi connectivity index (χ0) is 14.7. The molecule has 1 heterocycles. The third-order valence-electron chi connectivity index (χ3n) is 2.69. The third kappa shape index (κ3) is 3.08. The topological polar surface area (TPSA) is 46.8 Å². The SMILES string of the molecule is COc1ccc(-n2cc(C)s/c2=N\C(=O)N(C)C)cc1. The Kier molecular flexibility index (Phi) is 4.24. The Balaban J connectivity index is 2.48. The minimum absolute atomic E-state index is 0.269. The summed E-state index contributed by atoms with van der Waals surface area (Å²) < 4.78 is 7.05. The van der Waals surface area contributed by atoms with Crippen LogP contribution in [-0.4, -0.2) is 36.7 Å². The molecule has 0 aliphatic rings. The van der Waals surface area contributed by atoms with E-state index in [1.807, 2.05) is 42.0 Å². The quantitative estimate of drug-likeness (QED) is 0.853. The van der Waals surface area contributed by atoms with Crippen molar-refractivity contribution in [3.63, 3.8) is 0 Å². The smallest absolute Gasteiger partial charge is 0.345 e. The van der Waals surface area contributed by atoms with Crippen molar-refractivity contribution in [1.82, 2.24) is 9.47 Å². The molecule has 0 radical (unpaired) electrons. The van der Waals surface area contributed by atoms with Crippen molar-refractivity contribution in [2.75, 3.05) is 21.2 Å². The van der Waals surface area contributed by atoms with Crippen LogP contribution in [0.15, 0.2) is 35.5 Å². The van der Waals surface area contributed by atoms with Crippen LogP contribution in [0.1, 0.15) is 4.88 Å². The van der Waals surface area contributed by atoms with Crippen LogP contribution in [-0.2, 0) is 0 Å². The lowest BCUT2D eigenvalue weighted by molar-refractivity contribution is 0.226. The predicted molar refractivity (Wildman–Crippen MR) is 79.6 cm³/mol. The average Bonchev–Trinajstić information content (AvgIpc) is 2.79. The Morgan fingerprint density at radius 3 is 2.50 bits per heavy atom. The Hall–Kier alpha value is -2.08. The number of amides is 2. The monoisotopic (exact) mass is 291 g/mol. The normalized spacial score (nSPS) is 11.5. The maximum Gasteiger partial charge on any atom is 0.345 e. The number of aryl methyl sites for hydroxylation is 1. The molecule has 0 saturated heterocycles. The van der Waals surface area contributed by atoms with Crippen molar-refractivity contribution in [2.45, 2.75) is 6.92 Å². The van der Waals surface area contributed by atoms with Crippen LogP contribution in [0.2, 0.25) is 0 Å². The van der Waals surface area contributed by atoms with E-state index in [1.165, 1.54) is 16.2 Å². The molecule has 1 aromatic carbocycles. The first-order valence-electron chi connectivity index (χ1n) is 6.11. The van der Waals surface area contributed by atoms with Gasteiger partial charge in [0.25, 0.3) is 0 Å². The molecule has 0 aliphatic carbocycles. The Morgan fingerprint density at radius 1 is 1.30 bits per heavy atom. The fraction of sp³-hybridized carbons (Fsp3) is 0.286. The highest BCUT2D eigenvalue weighted by molar-refractivity contribution is 7.09. The molecule has 2 aromatic rings. The summed E-state index contributed by atoms with van der Waals surface area (Å²) in [6.07, 6.45) is 1.97. The molecule has 20 heavy (non-hydrogen) atoms. The van der Waals surface area contributed by atoms with Gasteiger partial charge in [-0.05, 0) is 31.2 Å². The molecule has 0 N–H and O–H groups in total. The molecule has 1 aromatic heterocycles. The summed E-state index contributed by atoms with van der Waals surface area (Å²) in [6.45, 7) is 1.99. The van der Waals surface area contributed by atoms with E-state index in [0.717, 1.165) is 16.3 Å². The van der Waals surface area contributed by atoms with Gasteiger partial charge in [0.05, 0.1) is 7.11 Å². The molecule has 0 aliphatic heterocycles. The van der Waals surface area contributed by atoms with E-state index in [0.29, 0.717) is 4.80 Å². The van der Waals surface area contributed by atoms with E-state index >= 15 is 0 Å². The summed E-state index contributed by atoms with van der Waals surface area (Å²) >= 11 is 1.48. The number of carbonyl (C=O) groups excluding carboxylic acids is 1. The number of rotatable bonds is 2. The predicted octanol–water partition coefficient (Wildman–Crippen LogP) is 2.44. The summed E-state index contributed by atoms with van der Waals surface area (Å²) in [6, 6.07) is 7.36. The van der Waals surface area contributed by atoms with Gasteiger partial charge >= 0.3 is 6.03 Å². The second kappa shape index (κ2) is 5.92. The highest BCUT2D eigenvalue weighted by Crippen LogP contribution is 2.15. The lowest BCUT2D eigenvalue weighted by Gasteiger charge is -2.06. The van der Waals surface area contributed by atoms with Gasteiger partial charge in [-0.3, -0.25) is 4.57 Å². The van der Waals surface area contributed by atoms with Crippen molar-refractivity contribution < 1.29 is 9.53 Å². The zero-order valence-corrected chi connectivity index (χ0v) is 12.8. The van der Waals surface area contributed by atoms with E-state index in [1.54, 1.807) is 21.2 Å². The fourth-order valence-corrected chi connectivity index (χ4v) is 2.47. The Labute approximate surface area is 121 Å². The average molecular weight is 291 g/mol. The van der Waals surface area contributed by atoms with Crippen molar-refractivity contribution in [3.05, 3.63) is 40.1 Å². The first-order chi connectivity index (χ1) is 9.51.